The average molecular weight is 487 g/mol. The molecule has 0 N–H and O–H groups in total. The van der Waals surface area contributed by atoms with Crippen molar-refractivity contribution in [2.45, 2.75) is 50.7 Å². The predicted octanol–water partition coefficient (Wildman–Crippen LogP) is 5.73. The van der Waals surface area contributed by atoms with Crippen LogP contribution in [0.5, 0.6) is 0 Å². The maximum Gasteiger partial charge on any atom is 0.276 e. The van der Waals surface area contributed by atoms with Gasteiger partial charge in [0.15, 0.2) is 5.69 Å². The molecule has 1 aliphatic carbocycles. The van der Waals surface area contributed by atoms with Crippen molar-refractivity contribution < 1.29 is 18.1 Å². The Kier molecular flexibility index (Phi) is 7.02. The van der Waals surface area contributed by atoms with Gasteiger partial charge in [0.2, 0.25) is 0 Å². The molecule has 4 rings (SSSR count). The van der Waals surface area contributed by atoms with Crippen LogP contribution in [0.3, 0.4) is 0 Å². The first kappa shape index (κ1) is 24.3. The fraction of sp³-hybridized carbons (Fsp3) is 0.440. The van der Waals surface area contributed by atoms with Crippen molar-refractivity contribution in [2.24, 2.45) is 0 Å². The number of rotatable bonds is 7. The van der Waals surface area contributed by atoms with Gasteiger partial charge in [-0.25, -0.2) is 8.78 Å². The van der Waals surface area contributed by atoms with E-state index in [1.54, 1.807) is 35.7 Å². The molecule has 180 valence electrons. The number of benzene rings is 1. The third-order valence-electron chi connectivity index (χ3n) is 6.66. The molecule has 9 heteroatoms. The maximum atomic E-state index is 14.5. The number of thioether (sulfide) groups is 1. The highest BCUT2D eigenvalue weighted by Crippen LogP contribution is 2.49. The van der Waals surface area contributed by atoms with E-state index in [9.17, 15) is 13.6 Å². The molecule has 2 heterocycles. The summed E-state index contributed by atoms with van der Waals surface area (Å²) in [6.07, 6.45) is 4.56. The van der Waals surface area contributed by atoms with Crippen LogP contribution in [0.2, 0.25) is 0 Å². The van der Waals surface area contributed by atoms with Crippen molar-refractivity contribution in [3.8, 4) is 11.3 Å². The second-order valence-corrected chi connectivity index (χ2v) is 9.80. The number of nitrogens with zero attached hydrogens (tertiary/aromatic N) is 4. The zero-order valence-corrected chi connectivity index (χ0v) is 20.6. The highest BCUT2D eigenvalue weighted by molar-refractivity contribution is 7.99. The minimum absolute atomic E-state index is 0.167. The lowest BCUT2D eigenvalue weighted by Gasteiger charge is -2.42. The summed E-state index contributed by atoms with van der Waals surface area (Å²) in [5.74, 6) is -0.764. The van der Waals surface area contributed by atoms with Crippen LogP contribution in [0, 0.1) is 18.6 Å². The molecule has 0 bridgehead atoms. The molecule has 0 saturated heterocycles. The van der Waals surface area contributed by atoms with Crippen LogP contribution >= 0.6 is 11.8 Å². The molecule has 34 heavy (non-hydrogen) atoms. The van der Waals surface area contributed by atoms with Gasteiger partial charge in [0, 0.05) is 19.2 Å². The lowest BCUT2D eigenvalue weighted by atomic mass is 9.77. The van der Waals surface area contributed by atoms with Gasteiger partial charge in [-0.05, 0) is 69.0 Å². The summed E-state index contributed by atoms with van der Waals surface area (Å²) in [5, 5.41) is 12.7. The van der Waals surface area contributed by atoms with E-state index >= 15 is 0 Å². The SMILES string of the molecule is CC[C@H]1CC[C@@](CN(CC)C(=O)c2cc(C)on2)(SC)c2nnc(-c3c(F)cccc3F)cc21. The first-order valence-corrected chi connectivity index (χ1v) is 12.7. The number of hydrogen-bond acceptors (Lipinski definition) is 6. The predicted molar refractivity (Wildman–Crippen MR) is 128 cm³/mol. The standard InChI is InChI=1S/C25H28F2N4O2S/c1-5-16-10-11-25(34-4,14-31(6-2)24(32)21-12-15(3)33-30-21)23-17(16)13-20(28-29-23)22-18(26)8-7-9-19(22)27/h7-9,12-13,16H,5-6,10-11,14H2,1-4H3/t16-,25-/m0/s1. The van der Waals surface area contributed by atoms with Gasteiger partial charge in [-0.1, -0.05) is 18.1 Å². The van der Waals surface area contributed by atoms with E-state index in [2.05, 4.69) is 22.3 Å². The molecule has 0 radical (unpaired) electrons. The van der Waals surface area contributed by atoms with Gasteiger partial charge in [0.25, 0.3) is 5.91 Å². The Morgan fingerprint density at radius 1 is 1.24 bits per heavy atom. The minimum atomic E-state index is -0.667. The summed E-state index contributed by atoms with van der Waals surface area (Å²) in [4.78, 5) is 14.9. The largest absolute Gasteiger partial charge is 0.361 e. The Labute approximate surface area is 202 Å². The zero-order valence-electron chi connectivity index (χ0n) is 19.8. The number of aryl methyl sites for hydroxylation is 1. The molecule has 1 amide bonds. The van der Waals surface area contributed by atoms with Crippen LogP contribution in [-0.2, 0) is 4.75 Å². The summed E-state index contributed by atoms with van der Waals surface area (Å²) < 4.78 is 33.5. The van der Waals surface area contributed by atoms with Crippen LogP contribution < -0.4 is 0 Å². The van der Waals surface area contributed by atoms with Gasteiger partial charge >= 0.3 is 0 Å². The van der Waals surface area contributed by atoms with E-state index < -0.39 is 16.4 Å². The zero-order chi connectivity index (χ0) is 24.5. The van der Waals surface area contributed by atoms with Gasteiger partial charge in [0.05, 0.1) is 21.7 Å². The van der Waals surface area contributed by atoms with Crippen molar-refractivity contribution >= 4 is 17.7 Å². The number of hydrogen-bond donors (Lipinski definition) is 0. The van der Waals surface area contributed by atoms with Crippen molar-refractivity contribution in [1.29, 1.82) is 0 Å². The van der Waals surface area contributed by atoms with E-state index in [-0.39, 0.29) is 28.8 Å². The highest BCUT2D eigenvalue weighted by atomic mass is 32.2. The first-order chi connectivity index (χ1) is 16.3. The number of carbonyl (C=O) groups excluding carboxylic acids is 1. The molecule has 2 atom stereocenters. The molecule has 0 spiro atoms. The number of carbonyl (C=O) groups is 1. The summed E-state index contributed by atoms with van der Waals surface area (Å²) in [7, 11) is 0. The molecule has 1 aromatic carbocycles. The number of likely N-dealkylation sites (N-methyl/N-ethyl adjacent to an activating group) is 1. The van der Waals surface area contributed by atoms with Crippen LogP contribution in [0.4, 0.5) is 8.78 Å². The number of aromatic nitrogens is 3. The second kappa shape index (κ2) is 9.82. The molecule has 0 fully saturated rings. The summed E-state index contributed by atoms with van der Waals surface area (Å²) in [6, 6.07) is 7.19. The monoisotopic (exact) mass is 486 g/mol. The average Bonchev–Trinajstić information content (AvgIpc) is 3.28. The van der Waals surface area contributed by atoms with Crippen LogP contribution in [0.15, 0.2) is 34.9 Å². The van der Waals surface area contributed by atoms with E-state index in [4.69, 9.17) is 4.52 Å². The van der Waals surface area contributed by atoms with E-state index in [0.29, 0.717) is 18.8 Å². The van der Waals surface area contributed by atoms with Crippen molar-refractivity contribution in [1.82, 2.24) is 20.3 Å². The fourth-order valence-corrected chi connectivity index (χ4v) is 5.68. The van der Waals surface area contributed by atoms with Crippen molar-refractivity contribution in [2.75, 3.05) is 19.3 Å². The summed E-state index contributed by atoms with van der Waals surface area (Å²) in [6.45, 7) is 6.68. The fourth-order valence-electron chi connectivity index (χ4n) is 4.72. The molecule has 3 aromatic rings. The van der Waals surface area contributed by atoms with Crippen molar-refractivity contribution in [3.05, 3.63) is 64.7 Å². The maximum absolute atomic E-state index is 14.5. The Hall–Kier alpha value is -2.81. The topological polar surface area (TPSA) is 72.1 Å². The molecule has 6 nitrogen and oxygen atoms in total. The smallest absolute Gasteiger partial charge is 0.276 e. The normalized spacial score (nSPS) is 19.6. The Morgan fingerprint density at radius 2 is 1.97 bits per heavy atom. The molecule has 2 aromatic heterocycles. The van der Waals surface area contributed by atoms with Crippen LogP contribution in [0.25, 0.3) is 11.3 Å². The van der Waals surface area contributed by atoms with E-state index in [0.717, 1.165) is 30.5 Å². The molecular weight excluding hydrogens is 458 g/mol. The Balaban J connectivity index is 1.76. The van der Waals surface area contributed by atoms with Crippen molar-refractivity contribution in [3.63, 3.8) is 0 Å². The lowest BCUT2D eigenvalue weighted by molar-refractivity contribution is 0.0730. The lowest BCUT2D eigenvalue weighted by Crippen LogP contribution is -2.45. The van der Waals surface area contributed by atoms with Gasteiger partial charge < -0.3 is 9.42 Å². The molecule has 1 aliphatic rings. The second-order valence-electron chi connectivity index (χ2n) is 8.61. The van der Waals surface area contributed by atoms with E-state index in [1.165, 1.54) is 18.2 Å². The Morgan fingerprint density at radius 3 is 2.56 bits per heavy atom. The molecule has 0 unspecified atom stereocenters. The molecule has 0 aliphatic heterocycles. The highest BCUT2D eigenvalue weighted by Gasteiger charge is 2.43. The Bertz CT molecular complexity index is 1180. The van der Waals surface area contributed by atoms with Gasteiger partial charge in [-0.15, -0.1) is 5.10 Å². The van der Waals surface area contributed by atoms with Gasteiger partial charge in [-0.2, -0.15) is 16.9 Å². The number of amides is 1. The third-order valence-corrected chi connectivity index (χ3v) is 7.96. The third kappa shape index (κ3) is 4.33. The number of fused-ring (bicyclic) bond motifs is 1. The minimum Gasteiger partial charge on any atom is -0.361 e. The summed E-state index contributed by atoms with van der Waals surface area (Å²) in [5.41, 5.74) is 2.01. The summed E-state index contributed by atoms with van der Waals surface area (Å²) >= 11 is 1.63. The molecule has 0 saturated carbocycles. The van der Waals surface area contributed by atoms with E-state index in [1.807, 2.05) is 13.2 Å². The first-order valence-electron chi connectivity index (χ1n) is 11.4. The quantitative estimate of drug-likeness (QED) is 0.425. The number of halogens is 2. The van der Waals surface area contributed by atoms with Crippen LogP contribution in [-0.4, -0.2) is 45.5 Å². The molecular formula is C25H28F2N4O2S. The van der Waals surface area contributed by atoms with Crippen LogP contribution in [0.1, 0.15) is 66.5 Å². The van der Waals surface area contributed by atoms with Gasteiger partial charge in [-0.3, -0.25) is 4.79 Å². The van der Waals surface area contributed by atoms with Gasteiger partial charge in [0.1, 0.15) is 17.4 Å².